The Morgan fingerprint density at radius 3 is 2.54 bits per heavy atom. The SMILES string of the molecule is CCOC(=O)C1=C(C)N=c2sc(=Cc3ccc(OC)cc3C)c(=O)n2[C@@H]1c1cccc(OC)c1OCC. The van der Waals surface area contributed by atoms with E-state index in [9.17, 15) is 9.59 Å². The average molecular weight is 523 g/mol. The molecule has 0 N–H and O–H groups in total. The zero-order valence-corrected chi connectivity index (χ0v) is 22.6. The summed E-state index contributed by atoms with van der Waals surface area (Å²) in [6.07, 6.45) is 1.84. The number of rotatable bonds is 8. The minimum Gasteiger partial charge on any atom is -0.497 e. The second-order valence-corrected chi connectivity index (χ2v) is 9.35. The van der Waals surface area contributed by atoms with E-state index in [-0.39, 0.29) is 17.7 Å². The fourth-order valence-corrected chi connectivity index (χ4v) is 5.41. The van der Waals surface area contributed by atoms with Crippen molar-refractivity contribution in [2.75, 3.05) is 27.4 Å². The first-order valence-electron chi connectivity index (χ1n) is 12.0. The summed E-state index contributed by atoms with van der Waals surface area (Å²) in [5.74, 6) is 1.19. The zero-order valence-electron chi connectivity index (χ0n) is 21.8. The van der Waals surface area contributed by atoms with Crippen molar-refractivity contribution in [3.8, 4) is 17.2 Å². The van der Waals surface area contributed by atoms with E-state index in [1.165, 1.54) is 11.3 Å². The normalized spacial score (nSPS) is 15.2. The van der Waals surface area contributed by atoms with E-state index in [0.717, 1.165) is 16.9 Å². The highest BCUT2D eigenvalue weighted by atomic mass is 32.1. The van der Waals surface area contributed by atoms with Crippen LogP contribution in [0.15, 0.2) is 57.5 Å². The molecule has 1 aromatic heterocycles. The molecule has 3 aromatic rings. The lowest BCUT2D eigenvalue weighted by molar-refractivity contribution is -0.139. The Balaban J connectivity index is 2.01. The van der Waals surface area contributed by atoms with Gasteiger partial charge in [-0.1, -0.05) is 29.5 Å². The Hall–Kier alpha value is -3.85. The number of carbonyl (C=O) groups is 1. The summed E-state index contributed by atoms with van der Waals surface area (Å²) >= 11 is 1.27. The van der Waals surface area contributed by atoms with Gasteiger partial charge in [-0.2, -0.15) is 0 Å². The maximum Gasteiger partial charge on any atom is 0.338 e. The van der Waals surface area contributed by atoms with Gasteiger partial charge >= 0.3 is 5.97 Å². The number of hydrogen-bond donors (Lipinski definition) is 0. The number of ether oxygens (including phenoxy) is 4. The number of allylic oxidation sites excluding steroid dienone is 1. The number of benzene rings is 2. The van der Waals surface area contributed by atoms with Gasteiger partial charge in [0.25, 0.3) is 5.56 Å². The van der Waals surface area contributed by atoms with E-state index in [0.29, 0.717) is 38.7 Å². The fourth-order valence-electron chi connectivity index (χ4n) is 4.37. The van der Waals surface area contributed by atoms with Gasteiger partial charge in [-0.3, -0.25) is 9.36 Å². The van der Waals surface area contributed by atoms with Crippen molar-refractivity contribution in [2.24, 2.45) is 4.99 Å². The van der Waals surface area contributed by atoms with Crippen molar-refractivity contribution >= 4 is 23.4 Å². The average Bonchev–Trinajstić information content (AvgIpc) is 3.19. The van der Waals surface area contributed by atoms with E-state index in [2.05, 4.69) is 4.99 Å². The van der Waals surface area contributed by atoms with Gasteiger partial charge < -0.3 is 18.9 Å². The molecule has 37 heavy (non-hydrogen) atoms. The number of methoxy groups -OCH3 is 2. The van der Waals surface area contributed by atoms with Crippen LogP contribution < -0.4 is 29.1 Å². The first-order chi connectivity index (χ1) is 17.8. The molecular formula is C28H30N2O6S. The number of para-hydroxylation sites is 1. The van der Waals surface area contributed by atoms with Crippen LogP contribution in [0.3, 0.4) is 0 Å². The van der Waals surface area contributed by atoms with Gasteiger partial charge in [-0.15, -0.1) is 0 Å². The van der Waals surface area contributed by atoms with Gasteiger partial charge in [0.1, 0.15) is 11.8 Å². The largest absolute Gasteiger partial charge is 0.497 e. The molecule has 2 aromatic carbocycles. The third-order valence-corrected chi connectivity index (χ3v) is 7.08. The Labute approximate surface area is 219 Å². The summed E-state index contributed by atoms with van der Waals surface area (Å²) < 4.78 is 24.3. The predicted octanol–water partition coefficient (Wildman–Crippen LogP) is 3.52. The van der Waals surface area contributed by atoms with Crippen molar-refractivity contribution < 1.29 is 23.7 Å². The molecule has 0 unspecified atom stereocenters. The molecule has 0 aliphatic carbocycles. The van der Waals surface area contributed by atoms with Crippen molar-refractivity contribution in [1.29, 1.82) is 0 Å². The standard InChI is InChI=1S/C28H30N2O6S/c1-7-35-25-20(10-9-11-21(25)34-6)24-23(27(32)36-8-2)17(4)29-28-30(24)26(31)22(37-28)15-18-12-13-19(33-5)14-16(18)3/h9-15,24H,7-8H2,1-6H3/t24-/m1/s1. The van der Waals surface area contributed by atoms with Crippen LogP contribution in [0, 0.1) is 6.92 Å². The number of hydrogen-bond acceptors (Lipinski definition) is 8. The molecular weight excluding hydrogens is 492 g/mol. The molecule has 9 heteroatoms. The summed E-state index contributed by atoms with van der Waals surface area (Å²) in [4.78, 5) is 32.2. The Bertz CT molecular complexity index is 1550. The minimum atomic E-state index is -0.800. The molecule has 0 saturated carbocycles. The van der Waals surface area contributed by atoms with E-state index in [4.69, 9.17) is 18.9 Å². The number of carbonyl (C=O) groups excluding carboxylic acids is 1. The molecule has 8 nitrogen and oxygen atoms in total. The van der Waals surface area contributed by atoms with Crippen LogP contribution in [0.25, 0.3) is 6.08 Å². The van der Waals surface area contributed by atoms with Crippen molar-refractivity contribution in [1.82, 2.24) is 4.57 Å². The van der Waals surface area contributed by atoms with Crippen LogP contribution in [0.1, 0.15) is 43.5 Å². The monoisotopic (exact) mass is 522 g/mol. The summed E-state index contributed by atoms with van der Waals surface area (Å²) in [6.45, 7) is 7.90. The molecule has 0 amide bonds. The Kier molecular flexibility index (Phi) is 7.83. The first-order valence-corrected chi connectivity index (χ1v) is 12.8. The van der Waals surface area contributed by atoms with Crippen molar-refractivity contribution in [3.63, 3.8) is 0 Å². The molecule has 4 rings (SSSR count). The summed E-state index contributed by atoms with van der Waals surface area (Å²) in [5, 5.41) is 0. The Morgan fingerprint density at radius 1 is 1.11 bits per heavy atom. The second-order valence-electron chi connectivity index (χ2n) is 8.34. The van der Waals surface area contributed by atoms with Gasteiger partial charge in [0.05, 0.1) is 43.2 Å². The fraction of sp³-hybridized carbons (Fsp3) is 0.321. The quantitative estimate of drug-likeness (QED) is 0.421. The molecule has 0 bridgehead atoms. The van der Waals surface area contributed by atoms with E-state index < -0.39 is 12.0 Å². The summed E-state index contributed by atoms with van der Waals surface area (Å²) in [7, 11) is 3.17. The van der Waals surface area contributed by atoms with Gasteiger partial charge in [-0.25, -0.2) is 9.79 Å². The molecule has 0 spiro atoms. The predicted molar refractivity (Wildman–Crippen MR) is 142 cm³/mol. The molecule has 1 atom stereocenters. The third kappa shape index (κ3) is 4.91. The van der Waals surface area contributed by atoms with Crippen LogP contribution in [0.2, 0.25) is 0 Å². The lowest BCUT2D eigenvalue weighted by Crippen LogP contribution is -2.40. The molecule has 0 saturated heterocycles. The maximum absolute atomic E-state index is 13.9. The summed E-state index contributed by atoms with van der Waals surface area (Å²) in [6, 6.07) is 10.3. The van der Waals surface area contributed by atoms with Crippen LogP contribution in [0.4, 0.5) is 0 Å². The number of fused-ring (bicyclic) bond motifs is 1. The molecule has 0 radical (unpaired) electrons. The van der Waals surface area contributed by atoms with E-state index in [1.54, 1.807) is 38.7 Å². The number of nitrogens with zero attached hydrogens (tertiary/aromatic N) is 2. The smallest absolute Gasteiger partial charge is 0.338 e. The molecule has 194 valence electrons. The third-order valence-electron chi connectivity index (χ3n) is 6.09. The zero-order chi connectivity index (χ0) is 26.7. The number of aryl methyl sites for hydroxylation is 1. The summed E-state index contributed by atoms with van der Waals surface area (Å²) in [5.41, 5.74) is 2.99. The number of aromatic nitrogens is 1. The van der Waals surface area contributed by atoms with Gasteiger partial charge in [0.15, 0.2) is 16.3 Å². The van der Waals surface area contributed by atoms with Gasteiger partial charge in [-0.05, 0) is 63.1 Å². The highest BCUT2D eigenvalue weighted by molar-refractivity contribution is 7.07. The van der Waals surface area contributed by atoms with Crippen LogP contribution in [0.5, 0.6) is 17.2 Å². The first kappa shape index (κ1) is 26.2. The Morgan fingerprint density at radius 2 is 1.89 bits per heavy atom. The van der Waals surface area contributed by atoms with Gasteiger partial charge in [0.2, 0.25) is 0 Å². The van der Waals surface area contributed by atoms with Gasteiger partial charge in [0, 0.05) is 5.56 Å². The molecule has 2 heterocycles. The highest BCUT2D eigenvalue weighted by Gasteiger charge is 2.35. The van der Waals surface area contributed by atoms with E-state index >= 15 is 0 Å². The van der Waals surface area contributed by atoms with Crippen molar-refractivity contribution in [2.45, 2.75) is 33.7 Å². The highest BCUT2D eigenvalue weighted by Crippen LogP contribution is 2.40. The van der Waals surface area contributed by atoms with Crippen LogP contribution >= 0.6 is 11.3 Å². The van der Waals surface area contributed by atoms with E-state index in [1.807, 2.05) is 50.3 Å². The van der Waals surface area contributed by atoms with Crippen molar-refractivity contribution in [3.05, 3.63) is 84.0 Å². The molecule has 1 aliphatic rings. The van der Waals surface area contributed by atoms with Crippen LogP contribution in [-0.2, 0) is 9.53 Å². The number of thiazole rings is 1. The minimum absolute atomic E-state index is 0.194. The lowest BCUT2D eigenvalue weighted by Gasteiger charge is -2.26. The topological polar surface area (TPSA) is 88.4 Å². The lowest BCUT2D eigenvalue weighted by atomic mass is 9.94. The maximum atomic E-state index is 13.9. The van der Waals surface area contributed by atoms with Crippen LogP contribution in [-0.4, -0.2) is 38.0 Å². The second kappa shape index (κ2) is 11.0. The molecule has 1 aliphatic heterocycles. The number of esters is 1. The molecule has 0 fully saturated rings.